The van der Waals surface area contributed by atoms with Gasteiger partial charge < -0.3 is 14.8 Å². The van der Waals surface area contributed by atoms with E-state index in [2.05, 4.69) is 5.32 Å². The molecular formula is C18H19ClN2O5. The second-order valence-electron chi connectivity index (χ2n) is 6.47. The summed E-state index contributed by atoms with van der Waals surface area (Å²) in [6.07, 6.45) is -0.533. The molecule has 0 unspecified atom stereocenters. The molecule has 0 fully saturated rings. The number of nitrogens with zero attached hydrogens (tertiary/aromatic N) is 1. The SMILES string of the molecule is CC(C)(C)OC(=O)NCc1cccc(Oc2cc(Cl)ccc2[N+](=O)[O-])c1. The molecule has 0 radical (unpaired) electrons. The van der Waals surface area contributed by atoms with Gasteiger partial charge in [-0.05, 0) is 44.5 Å². The number of carbonyl (C=O) groups excluding carboxylic acids is 1. The molecule has 0 aromatic heterocycles. The Bertz CT molecular complexity index is 817. The van der Waals surface area contributed by atoms with Crippen molar-refractivity contribution < 1.29 is 19.2 Å². The lowest BCUT2D eigenvalue weighted by atomic mass is 10.2. The minimum atomic E-state index is -0.583. The zero-order chi connectivity index (χ0) is 19.3. The highest BCUT2D eigenvalue weighted by molar-refractivity contribution is 6.30. The molecule has 0 aliphatic rings. The number of alkyl carbamates (subject to hydrolysis) is 1. The van der Waals surface area contributed by atoms with Crippen LogP contribution in [-0.4, -0.2) is 16.6 Å². The molecule has 138 valence electrons. The maximum absolute atomic E-state index is 11.7. The van der Waals surface area contributed by atoms with Crippen LogP contribution in [0.15, 0.2) is 42.5 Å². The quantitative estimate of drug-likeness (QED) is 0.579. The highest BCUT2D eigenvalue weighted by atomic mass is 35.5. The molecule has 2 aromatic carbocycles. The Morgan fingerprint density at radius 3 is 2.62 bits per heavy atom. The molecule has 0 saturated heterocycles. The van der Waals surface area contributed by atoms with Crippen molar-refractivity contribution in [3.63, 3.8) is 0 Å². The maximum Gasteiger partial charge on any atom is 0.407 e. The van der Waals surface area contributed by atoms with Gasteiger partial charge in [0.05, 0.1) is 4.92 Å². The van der Waals surface area contributed by atoms with E-state index in [0.717, 1.165) is 5.56 Å². The normalized spacial score (nSPS) is 10.9. The standard InChI is InChI=1S/C18H19ClN2O5/c1-18(2,3)26-17(22)20-11-12-5-4-6-14(9-12)25-16-10-13(19)7-8-15(16)21(23)24/h4-10H,11H2,1-3H3,(H,20,22). The lowest BCUT2D eigenvalue weighted by Gasteiger charge is -2.19. The Labute approximate surface area is 156 Å². The number of amides is 1. The van der Waals surface area contributed by atoms with Crippen LogP contribution in [0.2, 0.25) is 5.02 Å². The monoisotopic (exact) mass is 378 g/mol. The smallest absolute Gasteiger partial charge is 0.407 e. The Morgan fingerprint density at radius 2 is 1.96 bits per heavy atom. The first-order valence-electron chi connectivity index (χ1n) is 7.81. The van der Waals surface area contributed by atoms with Gasteiger partial charge in [0, 0.05) is 23.7 Å². The fourth-order valence-corrected chi connectivity index (χ4v) is 2.22. The largest absolute Gasteiger partial charge is 0.450 e. The van der Waals surface area contributed by atoms with E-state index in [4.69, 9.17) is 21.1 Å². The number of nitro benzene ring substituents is 1. The number of benzene rings is 2. The van der Waals surface area contributed by atoms with E-state index in [1.54, 1.807) is 45.0 Å². The molecule has 0 heterocycles. The van der Waals surface area contributed by atoms with Crippen LogP contribution in [0.1, 0.15) is 26.3 Å². The lowest BCUT2D eigenvalue weighted by Crippen LogP contribution is -2.32. The molecular weight excluding hydrogens is 360 g/mol. The number of rotatable bonds is 5. The van der Waals surface area contributed by atoms with Gasteiger partial charge in [0.25, 0.3) is 0 Å². The van der Waals surface area contributed by atoms with Crippen LogP contribution < -0.4 is 10.1 Å². The van der Waals surface area contributed by atoms with Crippen molar-refractivity contribution in [2.24, 2.45) is 0 Å². The fourth-order valence-electron chi connectivity index (χ4n) is 2.05. The molecule has 0 spiro atoms. The van der Waals surface area contributed by atoms with Gasteiger partial charge in [-0.2, -0.15) is 0 Å². The topological polar surface area (TPSA) is 90.7 Å². The predicted octanol–water partition coefficient (Wildman–Crippen LogP) is 5.07. The third-order valence-corrected chi connectivity index (χ3v) is 3.32. The molecule has 0 saturated carbocycles. The van der Waals surface area contributed by atoms with Crippen LogP contribution in [0.3, 0.4) is 0 Å². The summed E-state index contributed by atoms with van der Waals surface area (Å²) >= 11 is 5.89. The van der Waals surface area contributed by atoms with E-state index < -0.39 is 16.6 Å². The Hall–Kier alpha value is -2.80. The molecule has 8 heteroatoms. The summed E-state index contributed by atoms with van der Waals surface area (Å²) in [6.45, 7) is 5.56. The average molecular weight is 379 g/mol. The van der Waals surface area contributed by atoms with Crippen molar-refractivity contribution in [3.05, 3.63) is 63.2 Å². The Kier molecular flexibility index (Phi) is 6.05. The second kappa shape index (κ2) is 8.05. The predicted molar refractivity (Wildman–Crippen MR) is 97.7 cm³/mol. The van der Waals surface area contributed by atoms with Crippen LogP contribution in [0, 0.1) is 10.1 Å². The number of hydrogen-bond acceptors (Lipinski definition) is 5. The van der Waals surface area contributed by atoms with Crippen LogP contribution in [-0.2, 0) is 11.3 Å². The molecule has 1 amide bonds. The van der Waals surface area contributed by atoms with Gasteiger partial charge >= 0.3 is 11.8 Å². The minimum absolute atomic E-state index is 0.0414. The Morgan fingerprint density at radius 1 is 1.23 bits per heavy atom. The van der Waals surface area contributed by atoms with E-state index in [9.17, 15) is 14.9 Å². The number of halogens is 1. The molecule has 2 aromatic rings. The van der Waals surface area contributed by atoms with Crippen molar-refractivity contribution in [2.75, 3.05) is 0 Å². The number of carbonyl (C=O) groups is 1. The molecule has 0 bridgehead atoms. The first-order chi connectivity index (χ1) is 12.1. The highest BCUT2D eigenvalue weighted by Gasteiger charge is 2.17. The molecule has 2 rings (SSSR count). The Balaban J connectivity index is 2.09. The summed E-state index contributed by atoms with van der Waals surface area (Å²) in [5.74, 6) is 0.429. The van der Waals surface area contributed by atoms with Gasteiger partial charge in [-0.3, -0.25) is 10.1 Å². The fraction of sp³-hybridized carbons (Fsp3) is 0.278. The summed E-state index contributed by atoms with van der Waals surface area (Å²) < 4.78 is 10.8. The van der Waals surface area contributed by atoms with Crippen molar-refractivity contribution in [1.29, 1.82) is 0 Å². The zero-order valence-corrected chi connectivity index (χ0v) is 15.4. The van der Waals surface area contributed by atoms with Crippen molar-refractivity contribution in [1.82, 2.24) is 5.32 Å². The number of ether oxygens (including phenoxy) is 2. The van der Waals surface area contributed by atoms with Crippen LogP contribution in [0.5, 0.6) is 11.5 Å². The van der Waals surface area contributed by atoms with Crippen molar-refractivity contribution in [3.8, 4) is 11.5 Å². The summed E-state index contributed by atoms with van der Waals surface area (Å²) in [7, 11) is 0. The van der Waals surface area contributed by atoms with E-state index in [1.165, 1.54) is 18.2 Å². The van der Waals surface area contributed by atoms with E-state index >= 15 is 0 Å². The van der Waals surface area contributed by atoms with Gasteiger partial charge in [-0.25, -0.2) is 4.79 Å². The maximum atomic E-state index is 11.7. The molecule has 0 aliphatic heterocycles. The van der Waals surface area contributed by atoms with Gasteiger partial charge in [0.1, 0.15) is 11.4 Å². The molecule has 0 atom stereocenters. The first kappa shape index (κ1) is 19.5. The number of nitro groups is 1. The number of hydrogen-bond donors (Lipinski definition) is 1. The zero-order valence-electron chi connectivity index (χ0n) is 14.6. The third-order valence-electron chi connectivity index (χ3n) is 3.08. The molecule has 7 nitrogen and oxygen atoms in total. The minimum Gasteiger partial charge on any atom is -0.450 e. The van der Waals surface area contributed by atoms with Crippen LogP contribution in [0.4, 0.5) is 10.5 Å². The van der Waals surface area contributed by atoms with Crippen molar-refractivity contribution in [2.45, 2.75) is 32.9 Å². The van der Waals surface area contributed by atoms with E-state index in [-0.39, 0.29) is 18.0 Å². The molecule has 1 N–H and O–H groups in total. The first-order valence-corrected chi connectivity index (χ1v) is 8.19. The lowest BCUT2D eigenvalue weighted by molar-refractivity contribution is -0.385. The van der Waals surface area contributed by atoms with E-state index in [0.29, 0.717) is 10.8 Å². The summed E-state index contributed by atoms with van der Waals surface area (Å²) in [6, 6.07) is 10.9. The average Bonchev–Trinajstić information content (AvgIpc) is 2.51. The van der Waals surface area contributed by atoms with Gasteiger partial charge in [0.15, 0.2) is 0 Å². The summed E-state index contributed by atoms with van der Waals surface area (Å²) in [4.78, 5) is 22.3. The van der Waals surface area contributed by atoms with Crippen LogP contribution in [0.25, 0.3) is 0 Å². The number of nitrogens with one attached hydrogen (secondary N) is 1. The van der Waals surface area contributed by atoms with Crippen molar-refractivity contribution >= 4 is 23.4 Å². The van der Waals surface area contributed by atoms with Gasteiger partial charge in [0.2, 0.25) is 5.75 Å². The van der Waals surface area contributed by atoms with Crippen LogP contribution >= 0.6 is 11.6 Å². The summed E-state index contributed by atoms with van der Waals surface area (Å²) in [5.41, 5.74) is -0.0229. The van der Waals surface area contributed by atoms with Gasteiger partial charge in [-0.15, -0.1) is 0 Å². The molecule has 26 heavy (non-hydrogen) atoms. The highest BCUT2D eigenvalue weighted by Crippen LogP contribution is 2.33. The summed E-state index contributed by atoms with van der Waals surface area (Å²) in [5, 5.41) is 14.1. The molecule has 0 aliphatic carbocycles. The van der Waals surface area contributed by atoms with E-state index in [1.807, 2.05) is 0 Å². The van der Waals surface area contributed by atoms with Gasteiger partial charge in [-0.1, -0.05) is 23.7 Å². The second-order valence-corrected chi connectivity index (χ2v) is 6.91. The third kappa shape index (κ3) is 5.93.